The number of esters is 1. The third-order valence-electron chi connectivity index (χ3n) is 2.81. The Morgan fingerprint density at radius 1 is 1.41 bits per heavy atom. The second-order valence-electron chi connectivity index (χ2n) is 3.92. The topological polar surface area (TPSA) is 46.5 Å². The Morgan fingerprint density at radius 3 is 2.82 bits per heavy atom. The molecule has 17 heavy (non-hydrogen) atoms. The summed E-state index contributed by atoms with van der Waals surface area (Å²) in [6, 6.07) is 7.34. The molecule has 0 radical (unpaired) electrons. The van der Waals surface area contributed by atoms with Crippen molar-refractivity contribution in [1.82, 2.24) is 0 Å². The Hall–Kier alpha value is -1.87. The minimum atomic E-state index is -0.695. The number of benzene rings is 1. The van der Waals surface area contributed by atoms with Gasteiger partial charge in [-0.2, -0.15) is 0 Å². The standard InChI is InChI=1S/C14H14O3/c1-3-9(2)14(16)17-13-8-12(15)10-6-4-5-7-11(10)13/h3-8,12,15H,1-2H3/b9-3+. The van der Waals surface area contributed by atoms with Gasteiger partial charge in [-0.1, -0.05) is 30.3 Å². The van der Waals surface area contributed by atoms with Gasteiger partial charge in [-0.15, -0.1) is 0 Å². The average Bonchev–Trinajstić information content (AvgIpc) is 2.66. The molecule has 1 N–H and O–H groups in total. The molecule has 2 rings (SSSR count). The molecule has 0 spiro atoms. The normalized spacial score (nSPS) is 18.6. The summed E-state index contributed by atoms with van der Waals surface area (Å²) < 4.78 is 5.25. The van der Waals surface area contributed by atoms with Crippen molar-refractivity contribution in [2.24, 2.45) is 0 Å². The molecule has 88 valence electrons. The van der Waals surface area contributed by atoms with Crippen molar-refractivity contribution in [3.8, 4) is 0 Å². The molecule has 1 aromatic rings. The fourth-order valence-corrected chi connectivity index (χ4v) is 1.69. The molecule has 1 atom stereocenters. The molecule has 0 saturated heterocycles. The van der Waals surface area contributed by atoms with E-state index < -0.39 is 6.10 Å². The van der Waals surface area contributed by atoms with Gasteiger partial charge in [0, 0.05) is 11.1 Å². The van der Waals surface area contributed by atoms with Crippen LogP contribution < -0.4 is 0 Å². The molecule has 0 aliphatic heterocycles. The highest BCUT2D eigenvalue weighted by atomic mass is 16.5. The van der Waals surface area contributed by atoms with Gasteiger partial charge in [-0.3, -0.25) is 0 Å². The molecule has 1 aliphatic carbocycles. The van der Waals surface area contributed by atoms with Crippen LogP contribution in [0, 0.1) is 0 Å². The highest BCUT2D eigenvalue weighted by molar-refractivity contribution is 5.92. The smallest absolute Gasteiger partial charge is 0.338 e. The largest absolute Gasteiger partial charge is 0.423 e. The van der Waals surface area contributed by atoms with Crippen molar-refractivity contribution in [1.29, 1.82) is 0 Å². The number of aliphatic hydroxyl groups excluding tert-OH is 1. The van der Waals surface area contributed by atoms with Crippen LogP contribution >= 0.6 is 0 Å². The van der Waals surface area contributed by atoms with Crippen LogP contribution in [0.1, 0.15) is 31.1 Å². The molecular formula is C14H14O3. The number of allylic oxidation sites excluding steroid dienone is 1. The quantitative estimate of drug-likeness (QED) is 0.627. The van der Waals surface area contributed by atoms with E-state index in [2.05, 4.69) is 0 Å². The zero-order chi connectivity index (χ0) is 12.4. The summed E-state index contributed by atoms with van der Waals surface area (Å²) in [5.41, 5.74) is 2.09. The molecule has 0 bridgehead atoms. The summed E-state index contributed by atoms with van der Waals surface area (Å²) in [7, 11) is 0. The maximum atomic E-state index is 11.6. The predicted octanol–water partition coefficient (Wildman–Crippen LogP) is 2.58. The van der Waals surface area contributed by atoms with Crippen molar-refractivity contribution >= 4 is 11.7 Å². The number of ether oxygens (including phenoxy) is 1. The highest BCUT2D eigenvalue weighted by Crippen LogP contribution is 2.34. The van der Waals surface area contributed by atoms with Gasteiger partial charge in [0.25, 0.3) is 0 Å². The fourth-order valence-electron chi connectivity index (χ4n) is 1.69. The monoisotopic (exact) mass is 230 g/mol. The summed E-state index contributed by atoms with van der Waals surface area (Å²) in [6.07, 6.45) is 2.55. The van der Waals surface area contributed by atoms with Crippen molar-refractivity contribution in [2.75, 3.05) is 0 Å². The first-order valence-electron chi connectivity index (χ1n) is 5.47. The Kier molecular flexibility index (Phi) is 3.11. The van der Waals surface area contributed by atoms with Gasteiger partial charge >= 0.3 is 5.97 Å². The lowest BCUT2D eigenvalue weighted by atomic mass is 10.1. The van der Waals surface area contributed by atoms with Gasteiger partial charge in [-0.05, 0) is 25.5 Å². The molecular weight excluding hydrogens is 216 g/mol. The molecule has 3 heteroatoms. The molecule has 0 saturated carbocycles. The van der Waals surface area contributed by atoms with E-state index in [9.17, 15) is 9.90 Å². The molecule has 1 aliphatic rings. The van der Waals surface area contributed by atoms with Crippen LogP contribution in [0.5, 0.6) is 0 Å². The Balaban J connectivity index is 2.25. The van der Waals surface area contributed by atoms with Crippen LogP contribution in [0.3, 0.4) is 0 Å². The molecule has 3 nitrogen and oxygen atoms in total. The highest BCUT2D eigenvalue weighted by Gasteiger charge is 2.24. The maximum absolute atomic E-state index is 11.6. The third-order valence-corrected chi connectivity index (χ3v) is 2.81. The number of hydrogen-bond acceptors (Lipinski definition) is 3. The van der Waals surface area contributed by atoms with Crippen molar-refractivity contribution in [3.63, 3.8) is 0 Å². The van der Waals surface area contributed by atoms with Gasteiger partial charge in [-0.25, -0.2) is 4.79 Å². The van der Waals surface area contributed by atoms with E-state index in [1.54, 1.807) is 26.0 Å². The molecule has 1 unspecified atom stereocenters. The van der Waals surface area contributed by atoms with Crippen LogP contribution in [0.25, 0.3) is 5.76 Å². The van der Waals surface area contributed by atoms with E-state index in [1.165, 1.54) is 0 Å². The van der Waals surface area contributed by atoms with E-state index in [4.69, 9.17) is 4.74 Å². The van der Waals surface area contributed by atoms with E-state index >= 15 is 0 Å². The molecule has 0 fully saturated rings. The zero-order valence-corrected chi connectivity index (χ0v) is 9.81. The van der Waals surface area contributed by atoms with Gasteiger partial charge in [0.15, 0.2) is 0 Å². The Bertz CT molecular complexity index is 512. The Morgan fingerprint density at radius 2 is 2.12 bits per heavy atom. The number of carbonyl (C=O) groups is 1. The molecule has 0 heterocycles. The first-order valence-corrected chi connectivity index (χ1v) is 5.47. The zero-order valence-electron chi connectivity index (χ0n) is 9.81. The first-order chi connectivity index (χ1) is 8.13. The number of aliphatic hydroxyl groups is 1. The number of hydrogen-bond donors (Lipinski definition) is 1. The summed E-state index contributed by atoms with van der Waals surface area (Å²) in [4.78, 5) is 11.6. The lowest BCUT2D eigenvalue weighted by molar-refractivity contribution is -0.132. The van der Waals surface area contributed by atoms with Crippen LogP contribution in [0.15, 0.2) is 42.0 Å². The lowest BCUT2D eigenvalue weighted by Gasteiger charge is -2.06. The SMILES string of the molecule is C/C=C(\C)C(=O)OC1=CC(O)c2ccccc21. The van der Waals surface area contributed by atoms with Crippen LogP contribution in [0.4, 0.5) is 0 Å². The van der Waals surface area contributed by atoms with E-state index in [1.807, 2.05) is 24.3 Å². The van der Waals surface area contributed by atoms with Crippen LogP contribution in [0.2, 0.25) is 0 Å². The average molecular weight is 230 g/mol. The first kappa shape index (κ1) is 11.6. The molecule has 0 aromatic heterocycles. The second-order valence-corrected chi connectivity index (χ2v) is 3.92. The summed E-state index contributed by atoms with van der Waals surface area (Å²) in [6.45, 7) is 3.47. The van der Waals surface area contributed by atoms with Gasteiger partial charge in [0.2, 0.25) is 0 Å². The van der Waals surface area contributed by atoms with E-state index in [0.717, 1.165) is 11.1 Å². The van der Waals surface area contributed by atoms with E-state index in [0.29, 0.717) is 11.3 Å². The van der Waals surface area contributed by atoms with Crippen molar-refractivity contribution in [3.05, 3.63) is 53.1 Å². The summed E-state index contributed by atoms with van der Waals surface area (Å²) in [5, 5.41) is 9.78. The molecule has 0 amide bonds. The lowest BCUT2D eigenvalue weighted by Crippen LogP contribution is -2.04. The van der Waals surface area contributed by atoms with Crippen molar-refractivity contribution in [2.45, 2.75) is 20.0 Å². The molecule has 1 aromatic carbocycles. The van der Waals surface area contributed by atoms with Crippen LogP contribution in [-0.4, -0.2) is 11.1 Å². The van der Waals surface area contributed by atoms with Crippen LogP contribution in [-0.2, 0) is 9.53 Å². The second kappa shape index (κ2) is 4.55. The van der Waals surface area contributed by atoms with Gasteiger partial charge < -0.3 is 9.84 Å². The summed E-state index contributed by atoms with van der Waals surface area (Å²) in [5.74, 6) is 0.0435. The number of carbonyl (C=O) groups excluding carboxylic acids is 1. The van der Waals surface area contributed by atoms with E-state index in [-0.39, 0.29) is 5.97 Å². The van der Waals surface area contributed by atoms with Gasteiger partial charge in [0.1, 0.15) is 11.9 Å². The summed E-state index contributed by atoms with van der Waals surface area (Å²) >= 11 is 0. The minimum Gasteiger partial charge on any atom is -0.423 e. The fraction of sp³-hybridized carbons (Fsp3) is 0.214. The third kappa shape index (κ3) is 2.15. The van der Waals surface area contributed by atoms with Crippen molar-refractivity contribution < 1.29 is 14.6 Å². The Labute approximate surface area is 100 Å². The minimum absolute atomic E-state index is 0.386. The van der Waals surface area contributed by atoms with Gasteiger partial charge in [0.05, 0.1) is 0 Å². The predicted molar refractivity (Wildman–Crippen MR) is 64.9 cm³/mol. The number of rotatable bonds is 2. The maximum Gasteiger partial charge on any atom is 0.338 e. The number of fused-ring (bicyclic) bond motifs is 1.